The third-order valence-electron chi connectivity index (χ3n) is 5.45. The van der Waals surface area contributed by atoms with E-state index < -0.39 is 22.9 Å². The minimum absolute atomic E-state index is 0.142. The van der Waals surface area contributed by atoms with Crippen molar-refractivity contribution in [3.05, 3.63) is 63.9 Å². The molecule has 0 unspecified atom stereocenters. The van der Waals surface area contributed by atoms with Gasteiger partial charge in [-0.15, -0.1) is 0 Å². The summed E-state index contributed by atoms with van der Waals surface area (Å²) in [6.07, 6.45) is -3.98. The quantitative estimate of drug-likeness (QED) is 0.544. The normalized spacial score (nSPS) is 18.4. The maximum absolute atomic E-state index is 13.1. The molecule has 0 aliphatic carbocycles. The molecule has 0 atom stereocenters. The van der Waals surface area contributed by atoms with E-state index in [1.807, 2.05) is 6.92 Å². The van der Waals surface area contributed by atoms with Crippen LogP contribution in [0.5, 0.6) is 0 Å². The molecule has 0 radical (unpaired) electrons. The molecule has 166 valence electrons. The van der Waals surface area contributed by atoms with Gasteiger partial charge in [0.1, 0.15) is 17.0 Å². The Labute approximate surface area is 184 Å². The Bertz CT molecular complexity index is 1080. The first kappa shape index (κ1) is 23.4. The van der Waals surface area contributed by atoms with Gasteiger partial charge in [0.15, 0.2) is 5.78 Å². The third-order valence-corrected chi connectivity index (χ3v) is 5.77. The lowest BCUT2D eigenvalue weighted by molar-refractivity contribution is -0.158. The van der Waals surface area contributed by atoms with E-state index in [0.29, 0.717) is 23.1 Å². The lowest BCUT2D eigenvalue weighted by atomic mass is 9.81. The van der Waals surface area contributed by atoms with Crippen molar-refractivity contribution in [1.29, 1.82) is 0 Å². The van der Waals surface area contributed by atoms with Crippen molar-refractivity contribution < 1.29 is 27.8 Å². The summed E-state index contributed by atoms with van der Waals surface area (Å²) >= 11 is 5.87. The Morgan fingerprint density at radius 3 is 2.13 bits per heavy atom. The van der Waals surface area contributed by atoms with Crippen LogP contribution in [0.4, 0.5) is 13.2 Å². The molecule has 0 amide bonds. The largest absolute Gasteiger partial charge is 0.508 e. The number of aliphatic hydroxyl groups is 1. The van der Waals surface area contributed by atoms with Crippen LogP contribution < -0.4 is 0 Å². The van der Waals surface area contributed by atoms with Crippen molar-refractivity contribution in [3.8, 4) is 11.1 Å². The smallest absolute Gasteiger partial charge is 0.417 e. The molecule has 31 heavy (non-hydrogen) atoms. The fourth-order valence-electron chi connectivity index (χ4n) is 3.93. The number of aryl methyl sites for hydroxylation is 1. The zero-order valence-electron chi connectivity index (χ0n) is 17.9. The van der Waals surface area contributed by atoms with Crippen LogP contribution >= 0.6 is 11.6 Å². The number of hydrogen-bond donors (Lipinski definition) is 1. The molecule has 2 aromatic rings. The molecule has 0 fully saturated rings. The van der Waals surface area contributed by atoms with Crippen LogP contribution in [0.25, 0.3) is 16.7 Å². The summed E-state index contributed by atoms with van der Waals surface area (Å²) in [4.78, 5) is 13.1. The molecule has 0 saturated carbocycles. The van der Waals surface area contributed by atoms with E-state index >= 15 is 0 Å². The second kappa shape index (κ2) is 7.68. The molecule has 1 heterocycles. The maximum Gasteiger partial charge on any atom is 0.417 e. The molecule has 1 N–H and O–H groups in total. The molecule has 0 aromatic heterocycles. The molecule has 1 aliphatic rings. The van der Waals surface area contributed by atoms with Gasteiger partial charge in [-0.25, -0.2) is 0 Å². The van der Waals surface area contributed by atoms with Gasteiger partial charge in [-0.2, -0.15) is 13.2 Å². The van der Waals surface area contributed by atoms with Crippen molar-refractivity contribution in [1.82, 2.24) is 0 Å². The van der Waals surface area contributed by atoms with Gasteiger partial charge < -0.3 is 9.84 Å². The molecular weight excluding hydrogens is 429 g/mol. The van der Waals surface area contributed by atoms with Crippen LogP contribution in [0.2, 0.25) is 5.02 Å². The van der Waals surface area contributed by atoms with Crippen LogP contribution in [0, 0.1) is 0 Å². The van der Waals surface area contributed by atoms with Gasteiger partial charge in [0, 0.05) is 0 Å². The Kier molecular flexibility index (Phi) is 5.78. The summed E-state index contributed by atoms with van der Waals surface area (Å²) in [7, 11) is 0. The monoisotopic (exact) mass is 452 g/mol. The van der Waals surface area contributed by atoms with Crippen molar-refractivity contribution in [2.24, 2.45) is 0 Å². The van der Waals surface area contributed by atoms with Crippen molar-refractivity contribution in [2.75, 3.05) is 0 Å². The number of alkyl halides is 3. The number of carbonyl (C=O) groups excluding carboxylic acids is 1. The lowest BCUT2D eigenvalue weighted by Gasteiger charge is -2.40. The predicted molar refractivity (Wildman–Crippen MR) is 115 cm³/mol. The van der Waals surface area contributed by atoms with E-state index in [2.05, 4.69) is 0 Å². The van der Waals surface area contributed by atoms with E-state index in [1.54, 1.807) is 45.9 Å². The molecule has 0 bridgehead atoms. The number of ether oxygens (including phenoxy) is 1. The summed E-state index contributed by atoms with van der Waals surface area (Å²) in [5.41, 5.74) is -0.306. The molecule has 0 spiro atoms. The van der Waals surface area contributed by atoms with Crippen LogP contribution in [-0.2, 0) is 22.1 Å². The van der Waals surface area contributed by atoms with Crippen LogP contribution in [-0.4, -0.2) is 22.1 Å². The first-order valence-electron chi connectivity index (χ1n) is 9.88. The van der Waals surface area contributed by atoms with E-state index in [4.69, 9.17) is 16.3 Å². The Morgan fingerprint density at radius 2 is 1.58 bits per heavy atom. The van der Waals surface area contributed by atoms with Gasteiger partial charge in [-0.05, 0) is 68.5 Å². The van der Waals surface area contributed by atoms with Gasteiger partial charge in [0.05, 0.1) is 16.2 Å². The van der Waals surface area contributed by atoms with Crippen LogP contribution in [0.1, 0.15) is 51.3 Å². The average Bonchev–Trinajstić information content (AvgIpc) is 2.65. The molecular formula is C24H24ClF3O3. The second-order valence-electron chi connectivity index (χ2n) is 8.59. The number of ketones is 1. The van der Waals surface area contributed by atoms with Crippen LogP contribution in [0.3, 0.4) is 0 Å². The summed E-state index contributed by atoms with van der Waals surface area (Å²) in [5, 5.41) is 10.4. The highest BCUT2D eigenvalue weighted by molar-refractivity contribution is 6.31. The first-order chi connectivity index (χ1) is 14.2. The molecule has 0 saturated heterocycles. The SMILES string of the molecule is CCc1cc(-c2ccc(C(F)(F)F)c(Cl)c2)ccc1C1=C(O)C(C)(C)OC(C)(C)C1=O. The fourth-order valence-corrected chi connectivity index (χ4v) is 4.21. The summed E-state index contributed by atoms with van der Waals surface area (Å²) in [5.74, 6) is -0.471. The molecule has 2 aromatic carbocycles. The van der Waals surface area contributed by atoms with Crippen LogP contribution in [0.15, 0.2) is 42.2 Å². The topological polar surface area (TPSA) is 46.5 Å². The Hall–Kier alpha value is -2.31. The minimum atomic E-state index is -4.53. The van der Waals surface area contributed by atoms with Crippen molar-refractivity contribution in [2.45, 2.75) is 58.4 Å². The van der Waals surface area contributed by atoms with Gasteiger partial charge in [-0.3, -0.25) is 4.79 Å². The number of carbonyl (C=O) groups is 1. The van der Waals surface area contributed by atoms with E-state index in [-0.39, 0.29) is 22.1 Å². The van der Waals surface area contributed by atoms with Gasteiger partial charge in [0.25, 0.3) is 0 Å². The van der Waals surface area contributed by atoms with E-state index in [1.165, 1.54) is 12.1 Å². The van der Waals surface area contributed by atoms with Crippen molar-refractivity contribution >= 4 is 23.0 Å². The van der Waals surface area contributed by atoms with E-state index in [9.17, 15) is 23.1 Å². The molecule has 3 nitrogen and oxygen atoms in total. The zero-order valence-corrected chi connectivity index (χ0v) is 18.7. The highest BCUT2D eigenvalue weighted by atomic mass is 35.5. The number of aliphatic hydroxyl groups excluding tert-OH is 1. The molecule has 3 rings (SSSR count). The Balaban J connectivity index is 2.13. The lowest BCUT2D eigenvalue weighted by Crippen LogP contribution is -2.49. The Morgan fingerprint density at radius 1 is 1.00 bits per heavy atom. The van der Waals surface area contributed by atoms with E-state index in [0.717, 1.165) is 11.6 Å². The summed E-state index contributed by atoms with van der Waals surface area (Å²) < 4.78 is 44.8. The summed E-state index contributed by atoms with van der Waals surface area (Å²) in [6, 6.07) is 8.82. The molecule has 7 heteroatoms. The maximum atomic E-state index is 13.1. The predicted octanol–water partition coefficient (Wildman–Crippen LogP) is 7.01. The zero-order chi connectivity index (χ0) is 23.4. The van der Waals surface area contributed by atoms with Gasteiger partial charge in [-0.1, -0.05) is 42.8 Å². The fraction of sp³-hybridized carbons (Fsp3) is 0.375. The highest BCUT2D eigenvalue weighted by Crippen LogP contribution is 2.42. The highest BCUT2D eigenvalue weighted by Gasteiger charge is 2.47. The third kappa shape index (κ3) is 4.23. The van der Waals surface area contributed by atoms with Crippen molar-refractivity contribution in [3.63, 3.8) is 0 Å². The minimum Gasteiger partial charge on any atom is -0.508 e. The number of Topliss-reactive ketones (excluding diaryl/α,β-unsaturated/α-hetero) is 1. The second-order valence-corrected chi connectivity index (χ2v) is 9.00. The van der Waals surface area contributed by atoms with Gasteiger partial charge in [0.2, 0.25) is 0 Å². The summed E-state index contributed by atoms with van der Waals surface area (Å²) in [6.45, 7) is 8.61. The number of benzene rings is 2. The van der Waals surface area contributed by atoms with Gasteiger partial charge >= 0.3 is 6.18 Å². The number of hydrogen-bond acceptors (Lipinski definition) is 3. The standard InChI is InChI=1S/C24H24ClF3O3/c1-6-13-11-14(15-8-10-17(18(25)12-15)24(26,27)28)7-9-16(13)19-20(29)22(2,3)31-23(4,5)21(19)30/h7-12,29H,6H2,1-5H3. The number of halogens is 4. The average molecular weight is 453 g/mol. The first-order valence-corrected chi connectivity index (χ1v) is 10.3. The number of rotatable bonds is 3. The molecule has 1 aliphatic heterocycles.